The molecule has 0 bridgehead atoms. The highest BCUT2D eigenvalue weighted by Gasteiger charge is 2.23. The third-order valence-corrected chi connectivity index (χ3v) is 2.97. The van der Waals surface area contributed by atoms with Crippen molar-refractivity contribution in [3.05, 3.63) is 28.8 Å². The van der Waals surface area contributed by atoms with E-state index in [4.69, 9.17) is 5.73 Å². The van der Waals surface area contributed by atoms with Gasteiger partial charge in [0, 0.05) is 11.6 Å². The van der Waals surface area contributed by atoms with Crippen LogP contribution in [0.4, 0.5) is 0 Å². The topological polar surface area (TPSA) is 72.5 Å². The second kappa shape index (κ2) is 4.14. The van der Waals surface area contributed by atoms with Crippen LogP contribution in [0.15, 0.2) is 12.1 Å². The number of carbonyl (C=O) groups excluding carboxylic acids is 1. The highest BCUT2D eigenvalue weighted by molar-refractivity contribution is 5.74. The molecule has 0 saturated carbocycles. The average molecular weight is 221 g/mol. The first-order valence-corrected chi connectivity index (χ1v) is 5.26. The van der Waals surface area contributed by atoms with E-state index < -0.39 is 0 Å². The minimum atomic E-state index is -0.349. The number of phenolic OH excluding ortho intramolecular Hbond substituents is 1. The zero-order valence-corrected chi connectivity index (χ0v) is 9.19. The lowest BCUT2D eigenvalue weighted by Gasteiger charge is -2.08. The van der Waals surface area contributed by atoms with Gasteiger partial charge in [-0.2, -0.15) is 0 Å². The number of hydrogen-bond donors (Lipinski definition) is 2. The van der Waals surface area contributed by atoms with Crippen LogP contribution in [0.1, 0.15) is 16.7 Å². The fourth-order valence-corrected chi connectivity index (χ4v) is 2.13. The first-order valence-electron chi connectivity index (χ1n) is 5.26. The number of rotatable bonds is 2. The van der Waals surface area contributed by atoms with Crippen LogP contribution in [0.5, 0.6) is 5.75 Å². The minimum Gasteiger partial charge on any atom is -0.507 e. The number of carbonyl (C=O) groups is 1. The molecule has 16 heavy (non-hydrogen) atoms. The first kappa shape index (κ1) is 11.0. The summed E-state index contributed by atoms with van der Waals surface area (Å²) in [6, 6.07) is 3.78. The predicted octanol–water partition coefficient (Wildman–Crippen LogP) is 0.534. The number of benzene rings is 1. The minimum absolute atomic E-state index is 0.0780. The highest BCUT2D eigenvalue weighted by atomic mass is 16.5. The van der Waals surface area contributed by atoms with Crippen molar-refractivity contribution in [3.8, 4) is 5.75 Å². The number of hydrogen-bond acceptors (Lipinski definition) is 4. The molecular weight excluding hydrogens is 206 g/mol. The normalized spacial score (nSPS) is 18.2. The van der Waals surface area contributed by atoms with Gasteiger partial charge in [-0.25, -0.2) is 0 Å². The Morgan fingerprint density at radius 1 is 1.56 bits per heavy atom. The molecule has 86 valence electrons. The van der Waals surface area contributed by atoms with Crippen molar-refractivity contribution >= 4 is 5.97 Å². The number of fused-ring (bicyclic) bond motifs is 1. The molecule has 1 atom stereocenters. The van der Waals surface area contributed by atoms with E-state index in [-0.39, 0.29) is 24.2 Å². The summed E-state index contributed by atoms with van der Waals surface area (Å²) < 4.78 is 4.57. The molecule has 0 heterocycles. The Balaban J connectivity index is 2.30. The van der Waals surface area contributed by atoms with Crippen LogP contribution in [0.2, 0.25) is 0 Å². The van der Waals surface area contributed by atoms with E-state index in [1.165, 1.54) is 7.11 Å². The summed E-state index contributed by atoms with van der Waals surface area (Å²) in [4.78, 5) is 11.1. The molecule has 1 aromatic carbocycles. The Hall–Kier alpha value is -1.55. The Labute approximate surface area is 94.0 Å². The quantitative estimate of drug-likeness (QED) is 0.715. The predicted molar refractivity (Wildman–Crippen MR) is 59.2 cm³/mol. The van der Waals surface area contributed by atoms with Gasteiger partial charge in [0.1, 0.15) is 5.75 Å². The van der Waals surface area contributed by atoms with Crippen molar-refractivity contribution in [1.82, 2.24) is 0 Å². The number of aromatic hydroxyl groups is 1. The molecule has 3 N–H and O–H groups in total. The molecule has 4 nitrogen and oxygen atoms in total. The van der Waals surface area contributed by atoms with Crippen molar-refractivity contribution in [2.45, 2.75) is 25.3 Å². The summed E-state index contributed by atoms with van der Waals surface area (Å²) in [6.45, 7) is 0. The van der Waals surface area contributed by atoms with E-state index in [1.54, 1.807) is 6.07 Å². The second-order valence-electron chi connectivity index (χ2n) is 4.13. The summed E-state index contributed by atoms with van der Waals surface area (Å²) in [5, 5.41) is 10.0. The van der Waals surface area contributed by atoms with Gasteiger partial charge in [-0.05, 0) is 24.0 Å². The van der Waals surface area contributed by atoms with Crippen LogP contribution in [-0.2, 0) is 28.8 Å². The number of ether oxygens (including phenoxy) is 1. The number of esters is 1. The maximum Gasteiger partial charge on any atom is 0.310 e. The Morgan fingerprint density at radius 2 is 2.31 bits per heavy atom. The molecule has 1 aliphatic carbocycles. The SMILES string of the molecule is COC(=O)Cc1ccc2c(c1O)CC(N)C2. The molecular formula is C12H15NO3. The van der Waals surface area contributed by atoms with Gasteiger partial charge in [0.25, 0.3) is 0 Å². The van der Waals surface area contributed by atoms with Gasteiger partial charge < -0.3 is 15.6 Å². The fourth-order valence-electron chi connectivity index (χ4n) is 2.13. The molecule has 0 aromatic heterocycles. The molecule has 0 aliphatic heterocycles. The van der Waals surface area contributed by atoms with Gasteiger partial charge in [-0.3, -0.25) is 4.79 Å². The second-order valence-corrected chi connectivity index (χ2v) is 4.13. The van der Waals surface area contributed by atoms with E-state index in [0.717, 1.165) is 17.5 Å². The molecule has 0 saturated heterocycles. The molecule has 0 spiro atoms. The summed E-state index contributed by atoms with van der Waals surface area (Å²) in [6.07, 6.45) is 1.57. The third-order valence-electron chi connectivity index (χ3n) is 2.97. The number of methoxy groups -OCH3 is 1. The smallest absolute Gasteiger partial charge is 0.310 e. The lowest BCUT2D eigenvalue weighted by Crippen LogP contribution is -2.19. The van der Waals surface area contributed by atoms with Crippen LogP contribution >= 0.6 is 0 Å². The Kier molecular flexibility index (Phi) is 2.83. The van der Waals surface area contributed by atoms with Crippen LogP contribution in [0.3, 0.4) is 0 Å². The lowest BCUT2D eigenvalue weighted by molar-refractivity contribution is -0.139. The molecule has 0 radical (unpaired) electrons. The van der Waals surface area contributed by atoms with Gasteiger partial charge in [0.15, 0.2) is 0 Å². The Bertz CT molecular complexity index is 429. The van der Waals surface area contributed by atoms with Crippen LogP contribution in [-0.4, -0.2) is 24.2 Å². The van der Waals surface area contributed by atoms with Crippen LogP contribution in [0, 0.1) is 0 Å². The van der Waals surface area contributed by atoms with Crippen molar-refractivity contribution in [3.63, 3.8) is 0 Å². The van der Waals surface area contributed by atoms with Gasteiger partial charge in [0.2, 0.25) is 0 Å². The summed E-state index contributed by atoms with van der Waals surface area (Å²) >= 11 is 0. The van der Waals surface area contributed by atoms with E-state index in [1.807, 2.05) is 6.07 Å². The summed E-state index contributed by atoms with van der Waals surface area (Å²) in [5.41, 5.74) is 8.40. The van der Waals surface area contributed by atoms with Gasteiger partial charge >= 0.3 is 5.97 Å². The maximum atomic E-state index is 11.1. The molecule has 0 fully saturated rings. The molecule has 0 amide bonds. The van der Waals surface area contributed by atoms with Crippen molar-refractivity contribution in [2.75, 3.05) is 7.11 Å². The first-order chi connectivity index (χ1) is 7.61. The molecule has 1 unspecified atom stereocenters. The molecule has 1 aromatic rings. The average Bonchev–Trinajstić information content (AvgIpc) is 2.64. The van der Waals surface area contributed by atoms with Crippen LogP contribution < -0.4 is 5.73 Å². The van der Waals surface area contributed by atoms with Gasteiger partial charge in [-0.15, -0.1) is 0 Å². The van der Waals surface area contributed by atoms with Crippen molar-refractivity contribution in [2.24, 2.45) is 5.73 Å². The fraction of sp³-hybridized carbons (Fsp3) is 0.417. The highest BCUT2D eigenvalue weighted by Crippen LogP contribution is 2.32. The standard InChI is InChI=1S/C12H15NO3/c1-16-11(14)5-8-3-2-7-4-9(13)6-10(7)12(8)15/h2-3,9,15H,4-6,13H2,1H3. The lowest BCUT2D eigenvalue weighted by atomic mass is 10.0. The van der Waals surface area contributed by atoms with E-state index in [2.05, 4.69) is 4.74 Å². The van der Waals surface area contributed by atoms with Gasteiger partial charge in [0.05, 0.1) is 13.5 Å². The van der Waals surface area contributed by atoms with Crippen LogP contribution in [0.25, 0.3) is 0 Å². The third kappa shape index (κ3) is 1.88. The number of phenols is 1. The number of nitrogens with two attached hydrogens (primary N) is 1. The summed E-state index contributed by atoms with van der Waals surface area (Å²) in [7, 11) is 1.34. The van der Waals surface area contributed by atoms with E-state index in [9.17, 15) is 9.90 Å². The summed E-state index contributed by atoms with van der Waals surface area (Å²) in [5.74, 6) is -0.145. The van der Waals surface area contributed by atoms with E-state index >= 15 is 0 Å². The zero-order chi connectivity index (χ0) is 11.7. The zero-order valence-electron chi connectivity index (χ0n) is 9.19. The molecule has 1 aliphatic rings. The maximum absolute atomic E-state index is 11.1. The van der Waals surface area contributed by atoms with E-state index in [0.29, 0.717) is 12.0 Å². The molecule has 2 rings (SSSR count). The monoisotopic (exact) mass is 221 g/mol. The van der Waals surface area contributed by atoms with Gasteiger partial charge in [-0.1, -0.05) is 12.1 Å². The largest absolute Gasteiger partial charge is 0.507 e. The molecule has 4 heteroatoms. The van der Waals surface area contributed by atoms with Crippen molar-refractivity contribution in [1.29, 1.82) is 0 Å². The van der Waals surface area contributed by atoms with Crippen molar-refractivity contribution < 1.29 is 14.6 Å². The Morgan fingerprint density at radius 3 is 3.00 bits per heavy atom.